The molecule has 1 aromatic rings. The van der Waals surface area contributed by atoms with Crippen molar-refractivity contribution in [3.63, 3.8) is 0 Å². The lowest BCUT2D eigenvalue weighted by atomic mass is 10.0. The Hall–Kier alpha value is -0.450. The minimum atomic E-state index is 0.472. The van der Waals surface area contributed by atoms with E-state index in [1.54, 1.807) is 11.5 Å². The van der Waals surface area contributed by atoms with Crippen LogP contribution in [0.1, 0.15) is 23.4 Å². The van der Waals surface area contributed by atoms with Gasteiger partial charge in [-0.05, 0) is 31.1 Å². The first-order valence-electron chi connectivity index (χ1n) is 5.05. The predicted octanol–water partition coefficient (Wildman–Crippen LogP) is 1.54. The first-order valence-corrected chi connectivity index (χ1v) is 5.83. The molecule has 1 aliphatic heterocycles. The van der Waals surface area contributed by atoms with Gasteiger partial charge in [0.15, 0.2) is 0 Å². The molecule has 2 heterocycles. The normalized spacial score (nSPS) is 27.0. The van der Waals surface area contributed by atoms with Crippen molar-refractivity contribution in [1.29, 1.82) is 0 Å². The lowest BCUT2D eigenvalue weighted by Crippen LogP contribution is -2.33. The number of likely N-dealkylation sites (N-methyl/N-ethyl adjacent to an activating group) is 1. The van der Waals surface area contributed by atoms with Crippen molar-refractivity contribution in [2.75, 3.05) is 19.8 Å². The van der Waals surface area contributed by atoms with Gasteiger partial charge < -0.3 is 10.1 Å². The van der Waals surface area contributed by atoms with E-state index in [2.05, 4.69) is 22.7 Å². The van der Waals surface area contributed by atoms with Gasteiger partial charge in [0, 0.05) is 16.8 Å². The molecule has 1 aromatic heterocycles. The minimum absolute atomic E-state index is 0.472. The Bertz CT molecular complexity index is 300. The van der Waals surface area contributed by atoms with Crippen LogP contribution in [0, 0.1) is 6.92 Å². The van der Waals surface area contributed by atoms with Gasteiger partial charge in [-0.3, -0.25) is 0 Å². The maximum Gasteiger partial charge on any atom is 0.0627 e. The summed E-state index contributed by atoms with van der Waals surface area (Å²) in [6.45, 7) is 6.84. The maximum absolute atomic E-state index is 5.50. The highest BCUT2D eigenvalue weighted by molar-refractivity contribution is 7.05. The first-order chi connectivity index (χ1) is 6.81. The Labute approximate surface area is 88.6 Å². The van der Waals surface area contributed by atoms with Crippen LogP contribution in [0.3, 0.4) is 0 Å². The Morgan fingerprint density at radius 2 is 2.50 bits per heavy atom. The summed E-state index contributed by atoms with van der Waals surface area (Å²) >= 11 is 1.61. The lowest BCUT2D eigenvalue weighted by molar-refractivity contribution is 0.188. The monoisotopic (exact) mass is 212 g/mol. The number of hydrogen-bond acceptors (Lipinski definition) is 4. The molecule has 4 heteroatoms. The van der Waals surface area contributed by atoms with Crippen LogP contribution in [-0.4, -0.2) is 30.2 Å². The summed E-state index contributed by atoms with van der Waals surface area (Å²) in [7, 11) is 0. The molecule has 1 fully saturated rings. The third kappa shape index (κ3) is 1.97. The fourth-order valence-electron chi connectivity index (χ4n) is 1.86. The highest BCUT2D eigenvalue weighted by Gasteiger charge is 2.30. The number of hydrogen-bond donors (Lipinski definition) is 1. The molecule has 1 aliphatic rings. The van der Waals surface area contributed by atoms with Gasteiger partial charge in [0.25, 0.3) is 0 Å². The third-order valence-electron chi connectivity index (χ3n) is 2.56. The molecule has 0 bridgehead atoms. The number of aromatic nitrogens is 1. The van der Waals surface area contributed by atoms with Crippen molar-refractivity contribution in [1.82, 2.24) is 9.69 Å². The number of aryl methyl sites for hydroxylation is 1. The van der Waals surface area contributed by atoms with Gasteiger partial charge in [0.1, 0.15) is 0 Å². The number of ether oxygens (including phenoxy) is 1. The molecule has 2 atom stereocenters. The molecule has 0 amide bonds. The SMILES string of the molecule is CCNC1COCC1c1cc(C)ns1. The third-order valence-corrected chi connectivity index (χ3v) is 3.57. The van der Waals surface area contributed by atoms with Crippen LogP contribution in [0.2, 0.25) is 0 Å². The van der Waals surface area contributed by atoms with Crippen molar-refractivity contribution < 1.29 is 4.74 Å². The Balaban J connectivity index is 2.09. The smallest absolute Gasteiger partial charge is 0.0627 e. The molecular weight excluding hydrogens is 196 g/mol. The van der Waals surface area contributed by atoms with Gasteiger partial charge in [-0.15, -0.1) is 0 Å². The molecule has 1 N–H and O–H groups in total. The highest BCUT2D eigenvalue weighted by Crippen LogP contribution is 2.28. The number of nitrogens with one attached hydrogen (secondary N) is 1. The van der Waals surface area contributed by atoms with Crippen LogP contribution >= 0.6 is 11.5 Å². The molecular formula is C10H16N2OS. The van der Waals surface area contributed by atoms with Crippen molar-refractivity contribution in [2.24, 2.45) is 0 Å². The van der Waals surface area contributed by atoms with E-state index in [9.17, 15) is 0 Å². The van der Waals surface area contributed by atoms with Gasteiger partial charge >= 0.3 is 0 Å². The second kappa shape index (κ2) is 4.38. The average Bonchev–Trinajstić information content (AvgIpc) is 2.74. The van der Waals surface area contributed by atoms with Crippen LogP contribution in [-0.2, 0) is 4.74 Å². The summed E-state index contributed by atoms with van der Waals surface area (Å²) in [5, 5.41) is 3.46. The van der Waals surface area contributed by atoms with Crippen molar-refractivity contribution in [3.05, 3.63) is 16.6 Å². The summed E-state index contributed by atoms with van der Waals surface area (Å²) in [6, 6.07) is 2.65. The van der Waals surface area contributed by atoms with Crippen LogP contribution in [0.25, 0.3) is 0 Å². The molecule has 2 unspecified atom stereocenters. The molecule has 78 valence electrons. The lowest BCUT2D eigenvalue weighted by Gasteiger charge is -2.15. The molecule has 0 radical (unpaired) electrons. The minimum Gasteiger partial charge on any atom is -0.379 e. The van der Waals surface area contributed by atoms with E-state index in [0.29, 0.717) is 12.0 Å². The summed E-state index contributed by atoms with van der Waals surface area (Å²) < 4.78 is 9.82. The van der Waals surface area contributed by atoms with Crippen molar-refractivity contribution >= 4 is 11.5 Å². The molecule has 3 nitrogen and oxygen atoms in total. The van der Waals surface area contributed by atoms with Gasteiger partial charge in [0.05, 0.1) is 18.9 Å². The molecule has 0 aromatic carbocycles. The van der Waals surface area contributed by atoms with Gasteiger partial charge in [0.2, 0.25) is 0 Å². The Morgan fingerprint density at radius 3 is 3.14 bits per heavy atom. The van der Waals surface area contributed by atoms with Crippen molar-refractivity contribution in [2.45, 2.75) is 25.8 Å². The molecule has 0 spiro atoms. The van der Waals surface area contributed by atoms with Crippen LogP contribution < -0.4 is 5.32 Å². The molecule has 0 saturated carbocycles. The predicted molar refractivity (Wildman–Crippen MR) is 57.9 cm³/mol. The van der Waals surface area contributed by atoms with Gasteiger partial charge in [-0.25, -0.2) is 0 Å². The summed E-state index contributed by atoms with van der Waals surface area (Å²) in [5.74, 6) is 0.501. The standard InChI is InChI=1S/C10H16N2OS/c1-3-11-9-6-13-5-8(9)10-4-7(2)12-14-10/h4,8-9,11H,3,5-6H2,1-2H3. The van der Waals surface area contributed by atoms with E-state index < -0.39 is 0 Å². The zero-order valence-corrected chi connectivity index (χ0v) is 9.43. The Kier molecular flexibility index (Phi) is 3.15. The van der Waals surface area contributed by atoms with Crippen LogP contribution in [0.4, 0.5) is 0 Å². The first kappa shape index (κ1) is 10.1. The molecule has 2 rings (SSSR count). The summed E-state index contributed by atoms with van der Waals surface area (Å²) in [4.78, 5) is 1.35. The Morgan fingerprint density at radius 1 is 1.64 bits per heavy atom. The zero-order valence-electron chi connectivity index (χ0n) is 8.62. The quantitative estimate of drug-likeness (QED) is 0.825. The fourth-order valence-corrected chi connectivity index (χ4v) is 2.75. The fraction of sp³-hybridized carbons (Fsp3) is 0.700. The maximum atomic E-state index is 5.50. The summed E-state index contributed by atoms with van der Waals surface area (Å²) in [5.41, 5.74) is 1.12. The highest BCUT2D eigenvalue weighted by atomic mass is 32.1. The topological polar surface area (TPSA) is 34.1 Å². The average molecular weight is 212 g/mol. The van der Waals surface area contributed by atoms with E-state index in [1.165, 1.54) is 4.88 Å². The van der Waals surface area contributed by atoms with E-state index in [1.807, 2.05) is 6.92 Å². The second-order valence-corrected chi connectivity index (χ2v) is 4.52. The number of nitrogens with zero attached hydrogens (tertiary/aromatic N) is 1. The van der Waals surface area contributed by atoms with E-state index in [0.717, 1.165) is 25.5 Å². The van der Waals surface area contributed by atoms with Gasteiger partial charge in [-0.2, -0.15) is 4.37 Å². The second-order valence-electron chi connectivity index (χ2n) is 3.68. The molecule has 14 heavy (non-hydrogen) atoms. The molecule has 0 aliphatic carbocycles. The molecule has 1 saturated heterocycles. The van der Waals surface area contributed by atoms with E-state index >= 15 is 0 Å². The van der Waals surface area contributed by atoms with Gasteiger partial charge in [-0.1, -0.05) is 6.92 Å². The van der Waals surface area contributed by atoms with Crippen LogP contribution in [0.5, 0.6) is 0 Å². The van der Waals surface area contributed by atoms with Crippen LogP contribution in [0.15, 0.2) is 6.07 Å². The van der Waals surface area contributed by atoms with E-state index in [-0.39, 0.29) is 0 Å². The van der Waals surface area contributed by atoms with E-state index in [4.69, 9.17) is 4.74 Å². The summed E-state index contributed by atoms with van der Waals surface area (Å²) in [6.07, 6.45) is 0. The number of rotatable bonds is 3. The largest absolute Gasteiger partial charge is 0.379 e. The zero-order chi connectivity index (χ0) is 9.97. The van der Waals surface area contributed by atoms with Crippen molar-refractivity contribution in [3.8, 4) is 0 Å².